The topological polar surface area (TPSA) is 88.7 Å². The lowest BCUT2D eigenvalue weighted by atomic mass is 10.2. The van der Waals surface area contributed by atoms with Crippen LogP contribution in [-0.2, 0) is 11.0 Å². The van der Waals surface area contributed by atoms with Gasteiger partial charge in [-0.2, -0.15) is 18.3 Å². The van der Waals surface area contributed by atoms with Crippen LogP contribution < -0.4 is 5.56 Å². The van der Waals surface area contributed by atoms with E-state index in [0.717, 1.165) is 6.07 Å². The Bertz CT molecular complexity index is 915. The van der Waals surface area contributed by atoms with Crippen LogP contribution in [0.5, 0.6) is 0 Å². The van der Waals surface area contributed by atoms with Crippen LogP contribution >= 0.6 is 0 Å². The highest BCUT2D eigenvalue weighted by Gasteiger charge is 2.35. The largest absolute Gasteiger partial charge is 0.459 e. The number of hydrogen-bond acceptors (Lipinski definition) is 5. The van der Waals surface area contributed by atoms with Crippen molar-refractivity contribution in [2.75, 3.05) is 26.2 Å². The lowest BCUT2D eigenvalue weighted by Gasteiger charge is -2.35. The predicted molar refractivity (Wildman–Crippen MR) is 89.4 cm³/mol. The van der Waals surface area contributed by atoms with Crippen molar-refractivity contribution in [1.82, 2.24) is 19.6 Å². The maximum absolute atomic E-state index is 12.8. The van der Waals surface area contributed by atoms with Crippen molar-refractivity contribution in [2.45, 2.75) is 19.1 Å². The summed E-state index contributed by atoms with van der Waals surface area (Å²) in [5, 5.41) is 3.29. The standard InChI is InChI=1S/C17H17F3N4O4/c1-11(24-14(25)5-4-13(21-24)17(18,19)20)15(26)22-6-8-23(9-7-22)16(27)12-3-2-10-28-12/h2-5,10-11H,6-9H2,1H3. The van der Waals surface area contributed by atoms with Crippen LogP contribution in [0.15, 0.2) is 39.7 Å². The van der Waals surface area contributed by atoms with Gasteiger partial charge in [-0.15, -0.1) is 0 Å². The SMILES string of the molecule is CC(C(=O)N1CCN(C(=O)c2ccco2)CC1)n1nc(C(F)(F)F)ccc1=O. The van der Waals surface area contributed by atoms with E-state index in [-0.39, 0.29) is 37.8 Å². The molecule has 1 aliphatic heterocycles. The first-order chi connectivity index (χ1) is 13.2. The fourth-order valence-corrected chi connectivity index (χ4v) is 2.91. The molecule has 0 bridgehead atoms. The van der Waals surface area contributed by atoms with Crippen molar-refractivity contribution < 1.29 is 27.2 Å². The normalized spacial score (nSPS) is 16.1. The maximum atomic E-state index is 12.8. The van der Waals surface area contributed by atoms with E-state index in [1.54, 1.807) is 6.07 Å². The molecule has 0 spiro atoms. The molecule has 1 unspecified atom stereocenters. The fourth-order valence-electron chi connectivity index (χ4n) is 2.91. The first-order valence-electron chi connectivity index (χ1n) is 8.47. The van der Waals surface area contributed by atoms with E-state index < -0.39 is 29.4 Å². The summed E-state index contributed by atoms with van der Waals surface area (Å²) in [4.78, 5) is 39.7. The third-order valence-electron chi connectivity index (χ3n) is 4.45. The minimum Gasteiger partial charge on any atom is -0.459 e. The summed E-state index contributed by atoms with van der Waals surface area (Å²) in [5.41, 5.74) is -2.05. The van der Waals surface area contributed by atoms with Crippen molar-refractivity contribution in [3.8, 4) is 0 Å². The summed E-state index contributed by atoms with van der Waals surface area (Å²) < 4.78 is 44.1. The lowest BCUT2D eigenvalue weighted by molar-refractivity contribution is -0.144. The molecule has 8 nitrogen and oxygen atoms in total. The molecule has 2 aromatic heterocycles. The van der Waals surface area contributed by atoms with Gasteiger partial charge in [0.25, 0.3) is 11.5 Å². The molecule has 1 fully saturated rings. The van der Waals surface area contributed by atoms with Gasteiger partial charge in [0.1, 0.15) is 6.04 Å². The highest BCUT2D eigenvalue weighted by atomic mass is 19.4. The van der Waals surface area contributed by atoms with E-state index in [9.17, 15) is 27.6 Å². The monoisotopic (exact) mass is 398 g/mol. The van der Waals surface area contributed by atoms with E-state index in [4.69, 9.17) is 4.42 Å². The highest BCUT2D eigenvalue weighted by molar-refractivity contribution is 5.91. The molecular weight excluding hydrogens is 381 g/mol. The summed E-state index contributed by atoms with van der Waals surface area (Å²) in [6.45, 7) is 2.16. The van der Waals surface area contributed by atoms with Crippen molar-refractivity contribution in [3.05, 3.63) is 52.3 Å². The van der Waals surface area contributed by atoms with Crippen molar-refractivity contribution >= 4 is 11.8 Å². The number of halogens is 3. The van der Waals surface area contributed by atoms with Crippen LogP contribution in [0.25, 0.3) is 0 Å². The second-order valence-corrected chi connectivity index (χ2v) is 6.27. The van der Waals surface area contributed by atoms with Gasteiger partial charge >= 0.3 is 6.18 Å². The van der Waals surface area contributed by atoms with Gasteiger partial charge in [-0.05, 0) is 25.1 Å². The minimum absolute atomic E-state index is 0.184. The van der Waals surface area contributed by atoms with E-state index >= 15 is 0 Å². The summed E-state index contributed by atoms with van der Waals surface area (Å²) in [7, 11) is 0. The maximum Gasteiger partial charge on any atom is 0.435 e. The number of carbonyl (C=O) groups is 2. The van der Waals surface area contributed by atoms with E-state index in [0.29, 0.717) is 10.7 Å². The number of piperazine rings is 1. The van der Waals surface area contributed by atoms with Crippen LogP contribution in [0.4, 0.5) is 13.2 Å². The average molecular weight is 398 g/mol. The Hall–Kier alpha value is -3.11. The summed E-state index contributed by atoms with van der Waals surface area (Å²) in [6.07, 6.45) is -3.34. The summed E-state index contributed by atoms with van der Waals surface area (Å²) >= 11 is 0. The Labute approximate surface area is 157 Å². The van der Waals surface area contributed by atoms with Crippen LogP contribution in [0.2, 0.25) is 0 Å². The molecule has 0 saturated carbocycles. The van der Waals surface area contributed by atoms with Gasteiger partial charge in [-0.1, -0.05) is 0 Å². The van der Waals surface area contributed by atoms with Crippen LogP contribution in [0, 0.1) is 0 Å². The van der Waals surface area contributed by atoms with E-state index in [1.165, 1.54) is 29.1 Å². The van der Waals surface area contributed by atoms with Crippen LogP contribution in [0.3, 0.4) is 0 Å². The molecular formula is C17H17F3N4O4. The van der Waals surface area contributed by atoms with Crippen LogP contribution in [0.1, 0.15) is 29.2 Å². The van der Waals surface area contributed by atoms with Gasteiger partial charge in [0.2, 0.25) is 5.91 Å². The van der Waals surface area contributed by atoms with Crippen molar-refractivity contribution in [3.63, 3.8) is 0 Å². The molecule has 150 valence electrons. The number of alkyl halides is 3. The number of aromatic nitrogens is 2. The third-order valence-corrected chi connectivity index (χ3v) is 4.45. The van der Waals surface area contributed by atoms with Crippen LogP contribution in [-0.4, -0.2) is 57.6 Å². The molecule has 11 heteroatoms. The fraction of sp³-hybridized carbons (Fsp3) is 0.412. The van der Waals surface area contributed by atoms with Gasteiger partial charge in [-0.25, -0.2) is 4.68 Å². The zero-order chi connectivity index (χ0) is 20.5. The van der Waals surface area contributed by atoms with Gasteiger partial charge in [0.15, 0.2) is 11.5 Å². The van der Waals surface area contributed by atoms with Crippen molar-refractivity contribution in [1.29, 1.82) is 0 Å². The molecule has 3 rings (SSSR count). The average Bonchev–Trinajstić information content (AvgIpc) is 3.20. The number of hydrogen-bond donors (Lipinski definition) is 0. The second-order valence-electron chi connectivity index (χ2n) is 6.27. The van der Waals surface area contributed by atoms with Gasteiger partial charge in [0, 0.05) is 32.2 Å². The quantitative estimate of drug-likeness (QED) is 0.780. The number of nitrogens with zero attached hydrogens (tertiary/aromatic N) is 4. The Morgan fingerprint density at radius 3 is 2.32 bits per heavy atom. The third kappa shape index (κ3) is 3.92. The second kappa shape index (κ2) is 7.49. The highest BCUT2D eigenvalue weighted by Crippen LogP contribution is 2.26. The van der Waals surface area contributed by atoms with Crippen molar-refractivity contribution in [2.24, 2.45) is 0 Å². The molecule has 2 amide bonds. The van der Waals surface area contributed by atoms with Gasteiger partial charge < -0.3 is 14.2 Å². The molecule has 3 heterocycles. The molecule has 0 aromatic carbocycles. The molecule has 0 N–H and O–H groups in total. The smallest absolute Gasteiger partial charge is 0.435 e. The summed E-state index contributed by atoms with van der Waals surface area (Å²) in [6, 6.07) is 3.23. The Morgan fingerprint density at radius 2 is 1.75 bits per heavy atom. The Kier molecular flexibility index (Phi) is 5.25. The van der Waals surface area contributed by atoms with E-state index in [2.05, 4.69) is 5.10 Å². The molecule has 2 aromatic rings. The zero-order valence-electron chi connectivity index (χ0n) is 14.8. The number of carbonyl (C=O) groups excluding carboxylic acids is 2. The predicted octanol–water partition coefficient (Wildman–Crippen LogP) is 1.40. The lowest BCUT2D eigenvalue weighted by Crippen LogP contribution is -2.52. The summed E-state index contributed by atoms with van der Waals surface area (Å²) in [5.74, 6) is -0.659. The van der Waals surface area contributed by atoms with E-state index in [1.807, 2.05) is 0 Å². The number of rotatable bonds is 3. The number of amides is 2. The van der Waals surface area contributed by atoms with Gasteiger partial charge in [0.05, 0.1) is 6.26 Å². The molecule has 1 saturated heterocycles. The molecule has 28 heavy (non-hydrogen) atoms. The number of furan rings is 1. The molecule has 0 radical (unpaired) electrons. The molecule has 1 atom stereocenters. The van der Waals surface area contributed by atoms with Gasteiger partial charge in [-0.3, -0.25) is 14.4 Å². The first kappa shape index (κ1) is 19.6. The Morgan fingerprint density at radius 1 is 1.11 bits per heavy atom. The molecule has 1 aliphatic rings. The molecule has 0 aliphatic carbocycles. The Balaban J connectivity index is 1.68. The minimum atomic E-state index is -4.73. The first-order valence-corrected chi connectivity index (χ1v) is 8.47. The zero-order valence-corrected chi connectivity index (χ0v) is 14.8.